The van der Waals surface area contributed by atoms with E-state index in [2.05, 4.69) is 15.4 Å². The van der Waals surface area contributed by atoms with E-state index in [9.17, 15) is 14.4 Å². The topological polar surface area (TPSA) is 86.8 Å². The highest BCUT2D eigenvalue weighted by Gasteiger charge is 2.51. The molecule has 0 aromatic carbocycles. The normalized spacial score (nSPS) is 25.0. The van der Waals surface area contributed by atoms with Gasteiger partial charge in [0.2, 0.25) is 12.0 Å². The molecule has 0 radical (unpaired) electrons. The van der Waals surface area contributed by atoms with Crippen LogP contribution in [-0.4, -0.2) is 32.9 Å². The fraction of sp³-hybridized carbons (Fsp3) is 0.529. The summed E-state index contributed by atoms with van der Waals surface area (Å²) in [5.41, 5.74) is 1.54. The van der Waals surface area contributed by atoms with E-state index in [1.165, 1.54) is 18.6 Å². The van der Waals surface area contributed by atoms with Crippen molar-refractivity contribution in [2.75, 3.05) is 6.67 Å². The standard InChI is InChI=1S/C17H18FN5O2/c18-9-17(2-1-3-17)20-16(24)14-12-7-10-6-11(10)15(12)23(21-14)13-8-22(25)5-4-19-13/h4-5,8,10-11H,1-3,6-7,9H2,(H,20,24)/t10-,11-/m0/s1. The Balaban J connectivity index is 1.54. The van der Waals surface area contributed by atoms with Gasteiger partial charge in [-0.25, -0.2) is 14.1 Å². The summed E-state index contributed by atoms with van der Waals surface area (Å²) in [7, 11) is 0. The monoisotopic (exact) mass is 343 g/mol. The predicted molar refractivity (Wildman–Crippen MR) is 84.9 cm³/mol. The number of nitrogens with zero attached hydrogens (tertiary/aromatic N) is 4. The molecule has 2 aromatic rings. The molecule has 0 unspecified atom stereocenters. The second-order valence-electron chi connectivity index (χ2n) is 7.43. The number of carbonyl (C=O) groups excluding carboxylic acids is 1. The third kappa shape index (κ3) is 2.16. The van der Waals surface area contributed by atoms with Crippen molar-refractivity contribution in [1.82, 2.24) is 20.1 Å². The van der Waals surface area contributed by atoms with Crippen LogP contribution in [0.15, 0.2) is 18.6 Å². The van der Waals surface area contributed by atoms with E-state index in [0.717, 1.165) is 30.5 Å². The number of carbonyl (C=O) groups is 1. The molecule has 5 rings (SSSR count). The van der Waals surface area contributed by atoms with Crippen molar-refractivity contribution in [3.05, 3.63) is 40.7 Å². The van der Waals surface area contributed by atoms with Crippen molar-refractivity contribution in [3.8, 4) is 5.82 Å². The van der Waals surface area contributed by atoms with E-state index in [1.807, 2.05) is 0 Å². The number of halogens is 1. The van der Waals surface area contributed by atoms with Crippen molar-refractivity contribution in [2.45, 2.75) is 43.6 Å². The third-order valence-electron chi connectivity index (χ3n) is 5.80. The summed E-state index contributed by atoms with van der Waals surface area (Å²) in [5.74, 6) is 1.02. The Kier molecular flexibility index (Phi) is 2.96. The van der Waals surface area contributed by atoms with Crippen LogP contribution in [0.4, 0.5) is 4.39 Å². The van der Waals surface area contributed by atoms with Gasteiger partial charge in [0, 0.05) is 11.5 Å². The van der Waals surface area contributed by atoms with Gasteiger partial charge >= 0.3 is 0 Å². The second kappa shape index (κ2) is 5.00. The van der Waals surface area contributed by atoms with Crippen LogP contribution in [0.2, 0.25) is 0 Å². The SMILES string of the molecule is O=C(NC1(CF)CCC1)c1nn(-c2c[n+]([O-])ccn2)c2c1C[C@@H]1C[C@H]21. The van der Waals surface area contributed by atoms with Crippen molar-refractivity contribution in [2.24, 2.45) is 5.92 Å². The summed E-state index contributed by atoms with van der Waals surface area (Å²) in [5, 5.41) is 18.9. The number of hydrogen-bond donors (Lipinski definition) is 1. The Hall–Kier alpha value is -2.51. The average molecular weight is 343 g/mol. The first-order valence-electron chi connectivity index (χ1n) is 8.66. The highest BCUT2D eigenvalue weighted by atomic mass is 19.1. The lowest BCUT2D eigenvalue weighted by atomic mass is 9.77. The lowest BCUT2D eigenvalue weighted by Gasteiger charge is -2.39. The van der Waals surface area contributed by atoms with Crippen LogP contribution in [0.5, 0.6) is 0 Å². The zero-order valence-corrected chi connectivity index (χ0v) is 13.6. The fourth-order valence-corrected chi connectivity index (χ4v) is 4.14. The zero-order valence-electron chi connectivity index (χ0n) is 13.6. The van der Waals surface area contributed by atoms with Crippen LogP contribution >= 0.6 is 0 Å². The van der Waals surface area contributed by atoms with Gasteiger partial charge in [-0.3, -0.25) is 4.79 Å². The van der Waals surface area contributed by atoms with Crippen molar-refractivity contribution < 1.29 is 13.9 Å². The van der Waals surface area contributed by atoms with E-state index in [0.29, 0.717) is 40.9 Å². The molecule has 2 atom stereocenters. The molecule has 3 aliphatic rings. The number of nitrogens with one attached hydrogen (secondary N) is 1. The first-order chi connectivity index (χ1) is 12.1. The molecule has 25 heavy (non-hydrogen) atoms. The molecular formula is C17H18FN5O2. The van der Waals surface area contributed by atoms with Gasteiger partial charge in [0.15, 0.2) is 11.9 Å². The molecule has 0 aliphatic heterocycles. The van der Waals surface area contributed by atoms with E-state index < -0.39 is 12.2 Å². The van der Waals surface area contributed by atoms with Crippen molar-refractivity contribution in [3.63, 3.8) is 0 Å². The highest BCUT2D eigenvalue weighted by Crippen LogP contribution is 2.57. The largest absolute Gasteiger partial charge is 0.619 e. The van der Waals surface area contributed by atoms with E-state index in [1.54, 1.807) is 4.68 Å². The van der Waals surface area contributed by atoms with Crippen molar-refractivity contribution >= 4 is 5.91 Å². The summed E-state index contributed by atoms with van der Waals surface area (Å²) in [4.78, 5) is 17.0. The number of alkyl halides is 1. The second-order valence-corrected chi connectivity index (χ2v) is 7.43. The molecular weight excluding hydrogens is 325 g/mol. The summed E-state index contributed by atoms with van der Waals surface area (Å²) in [6.45, 7) is -0.552. The molecule has 130 valence electrons. The minimum absolute atomic E-state index is 0.320. The van der Waals surface area contributed by atoms with Gasteiger partial charge in [0.05, 0.1) is 17.4 Å². The number of hydrogen-bond acceptors (Lipinski definition) is 4. The molecule has 2 aromatic heterocycles. The lowest BCUT2D eigenvalue weighted by molar-refractivity contribution is -0.605. The Morgan fingerprint density at radius 1 is 1.52 bits per heavy atom. The van der Waals surface area contributed by atoms with Gasteiger partial charge in [-0.2, -0.15) is 9.83 Å². The molecule has 8 heteroatoms. The van der Waals surface area contributed by atoms with Gasteiger partial charge in [-0.15, -0.1) is 0 Å². The van der Waals surface area contributed by atoms with Crippen LogP contribution in [0.3, 0.4) is 0 Å². The maximum absolute atomic E-state index is 13.3. The summed E-state index contributed by atoms with van der Waals surface area (Å²) in [6.07, 6.45) is 8.23. The predicted octanol–water partition coefficient (Wildman–Crippen LogP) is 1.18. The van der Waals surface area contributed by atoms with Gasteiger partial charge in [-0.05, 0) is 38.0 Å². The molecule has 2 heterocycles. The summed E-state index contributed by atoms with van der Waals surface area (Å²) >= 11 is 0. The van der Waals surface area contributed by atoms with Crippen LogP contribution in [-0.2, 0) is 6.42 Å². The fourth-order valence-electron chi connectivity index (χ4n) is 4.14. The molecule has 1 N–H and O–H groups in total. The van der Waals surface area contributed by atoms with Crippen LogP contribution in [0.25, 0.3) is 5.82 Å². The zero-order chi connectivity index (χ0) is 17.2. The molecule has 1 amide bonds. The first-order valence-corrected chi connectivity index (χ1v) is 8.66. The minimum Gasteiger partial charge on any atom is -0.619 e. The highest BCUT2D eigenvalue weighted by molar-refractivity contribution is 5.95. The molecule has 2 saturated carbocycles. The van der Waals surface area contributed by atoms with Gasteiger partial charge in [0.25, 0.3) is 5.91 Å². The minimum atomic E-state index is -0.724. The number of fused-ring (bicyclic) bond motifs is 3. The average Bonchev–Trinajstić information content (AvgIpc) is 3.07. The quantitative estimate of drug-likeness (QED) is 0.667. The summed E-state index contributed by atoms with van der Waals surface area (Å²) in [6, 6.07) is 0. The smallest absolute Gasteiger partial charge is 0.272 e. The van der Waals surface area contributed by atoms with Gasteiger partial charge in [-0.1, -0.05) is 0 Å². The molecule has 0 bridgehead atoms. The first kappa shape index (κ1) is 14.8. The number of amides is 1. The van der Waals surface area contributed by atoms with E-state index >= 15 is 0 Å². The van der Waals surface area contributed by atoms with Crippen molar-refractivity contribution in [1.29, 1.82) is 0 Å². The number of aromatic nitrogens is 4. The molecule has 3 aliphatic carbocycles. The Morgan fingerprint density at radius 3 is 3.04 bits per heavy atom. The van der Waals surface area contributed by atoms with E-state index in [4.69, 9.17) is 0 Å². The Bertz CT molecular complexity index is 870. The van der Waals surface area contributed by atoms with Gasteiger partial charge in [0.1, 0.15) is 6.67 Å². The maximum atomic E-state index is 13.3. The van der Waals surface area contributed by atoms with Crippen LogP contribution < -0.4 is 10.0 Å². The molecule has 2 fully saturated rings. The number of rotatable bonds is 4. The maximum Gasteiger partial charge on any atom is 0.272 e. The van der Waals surface area contributed by atoms with Gasteiger partial charge < -0.3 is 10.5 Å². The lowest BCUT2D eigenvalue weighted by Crippen LogP contribution is -2.55. The molecule has 7 nitrogen and oxygen atoms in total. The molecule has 0 spiro atoms. The third-order valence-corrected chi connectivity index (χ3v) is 5.80. The van der Waals surface area contributed by atoms with Crippen LogP contribution in [0.1, 0.15) is 53.3 Å². The van der Waals surface area contributed by atoms with E-state index in [-0.39, 0.29) is 5.91 Å². The Morgan fingerprint density at radius 2 is 2.36 bits per heavy atom. The van der Waals surface area contributed by atoms with Crippen LogP contribution in [0, 0.1) is 11.1 Å². The molecule has 0 saturated heterocycles. The Labute approximate surface area is 143 Å². The summed E-state index contributed by atoms with van der Waals surface area (Å²) < 4.78 is 15.6.